The summed E-state index contributed by atoms with van der Waals surface area (Å²) in [5.74, 6) is -0.258. The smallest absolute Gasteiger partial charge is 0.126 e. The lowest BCUT2D eigenvalue weighted by atomic mass is 10.0. The topological polar surface area (TPSA) is 46.2 Å². The van der Waals surface area contributed by atoms with Crippen molar-refractivity contribution in [1.29, 1.82) is 0 Å². The van der Waals surface area contributed by atoms with Crippen LogP contribution in [0.2, 0.25) is 0 Å². The lowest BCUT2D eigenvalue weighted by Crippen LogP contribution is -2.36. The Labute approximate surface area is 83.6 Å². The van der Waals surface area contributed by atoms with Crippen molar-refractivity contribution in [3.05, 3.63) is 35.6 Å². The number of aliphatic hydroxyl groups is 1. The first-order valence-corrected chi connectivity index (χ1v) is 4.82. The van der Waals surface area contributed by atoms with E-state index in [1.807, 2.05) is 6.92 Å². The van der Waals surface area contributed by atoms with E-state index in [2.05, 4.69) is 0 Å². The highest BCUT2D eigenvalue weighted by Crippen LogP contribution is 2.10. The average molecular weight is 197 g/mol. The number of rotatable bonds is 4. The minimum atomic E-state index is -0.561. The molecule has 0 bridgehead atoms. The van der Waals surface area contributed by atoms with Crippen molar-refractivity contribution in [2.45, 2.75) is 31.9 Å². The lowest BCUT2D eigenvalue weighted by molar-refractivity contribution is 0.139. The molecule has 0 aliphatic rings. The highest BCUT2D eigenvalue weighted by molar-refractivity contribution is 5.18. The largest absolute Gasteiger partial charge is 0.392 e. The summed E-state index contributed by atoms with van der Waals surface area (Å²) in [6.07, 6.45) is 0.409. The van der Waals surface area contributed by atoms with E-state index < -0.39 is 12.1 Å². The molecule has 78 valence electrons. The second-order valence-electron chi connectivity index (χ2n) is 3.43. The minimum absolute atomic E-state index is 0.258. The first kappa shape index (κ1) is 11.1. The monoisotopic (exact) mass is 197 g/mol. The molecule has 14 heavy (non-hydrogen) atoms. The molecule has 1 aromatic rings. The van der Waals surface area contributed by atoms with Gasteiger partial charge in [-0.1, -0.05) is 25.1 Å². The van der Waals surface area contributed by atoms with Crippen LogP contribution in [0.1, 0.15) is 18.9 Å². The molecule has 2 nitrogen and oxygen atoms in total. The van der Waals surface area contributed by atoms with Gasteiger partial charge in [0.05, 0.1) is 6.10 Å². The van der Waals surface area contributed by atoms with Gasteiger partial charge in [0.2, 0.25) is 0 Å². The second-order valence-corrected chi connectivity index (χ2v) is 3.43. The molecule has 0 fully saturated rings. The van der Waals surface area contributed by atoms with Crippen LogP contribution in [0, 0.1) is 5.82 Å². The Hall–Kier alpha value is -0.930. The molecule has 0 spiro atoms. The third kappa shape index (κ3) is 2.79. The van der Waals surface area contributed by atoms with Crippen LogP contribution in [0.5, 0.6) is 0 Å². The van der Waals surface area contributed by atoms with Crippen LogP contribution >= 0.6 is 0 Å². The van der Waals surface area contributed by atoms with Gasteiger partial charge in [0.25, 0.3) is 0 Å². The van der Waals surface area contributed by atoms with Gasteiger partial charge in [0, 0.05) is 6.04 Å². The molecule has 2 atom stereocenters. The highest BCUT2D eigenvalue weighted by atomic mass is 19.1. The molecule has 0 saturated heterocycles. The number of nitrogens with two attached hydrogens (primary N) is 1. The molecule has 1 rings (SSSR count). The molecular weight excluding hydrogens is 181 g/mol. The molecule has 2 unspecified atom stereocenters. The van der Waals surface area contributed by atoms with Crippen LogP contribution < -0.4 is 5.73 Å². The van der Waals surface area contributed by atoms with Crippen LogP contribution in [-0.2, 0) is 6.42 Å². The van der Waals surface area contributed by atoms with E-state index in [0.29, 0.717) is 18.4 Å². The van der Waals surface area contributed by atoms with Gasteiger partial charge in [0.15, 0.2) is 0 Å². The first-order chi connectivity index (χ1) is 6.65. The minimum Gasteiger partial charge on any atom is -0.392 e. The van der Waals surface area contributed by atoms with Crippen molar-refractivity contribution in [2.24, 2.45) is 5.73 Å². The normalized spacial score (nSPS) is 15.1. The molecule has 3 N–H and O–H groups in total. The summed E-state index contributed by atoms with van der Waals surface area (Å²) < 4.78 is 13.2. The van der Waals surface area contributed by atoms with Crippen molar-refractivity contribution in [3.63, 3.8) is 0 Å². The summed E-state index contributed by atoms with van der Waals surface area (Å²) in [5.41, 5.74) is 6.27. The molecule has 0 aromatic heterocycles. The molecule has 0 amide bonds. The molecule has 0 heterocycles. The number of hydrogen-bond donors (Lipinski definition) is 2. The predicted molar refractivity (Wildman–Crippen MR) is 54.4 cm³/mol. The third-order valence-electron chi connectivity index (χ3n) is 2.33. The second kappa shape index (κ2) is 5.08. The first-order valence-electron chi connectivity index (χ1n) is 4.82. The molecule has 0 aliphatic carbocycles. The van der Waals surface area contributed by atoms with Crippen LogP contribution in [0.15, 0.2) is 24.3 Å². The maximum Gasteiger partial charge on any atom is 0.126 e. The van der Waals surface area contributed by atoms with Gasteiger partial charge in [-0.25, -0.2) is 4.39 Å². The fraction of sp³-hybridized carbons (Fsp3) is 0.455. The van der Waals surface area contributed by atoms with E-state index in [1.54, 1.807) is 18.2 Å². The summed E-state index contributed by atoms with van der Waals surface area (Å²) in [6.45, 7) is 1.85. The Morgan fingerprint density at radius 3 is 2.64 bits per heavy atom. The van der Waals surface area contributed by atoms with E-state index in [9.17, 15) is 9.50 Å². The Morgan fingerprint density at radius 2 is 2.07 bits per heavy atom. The molecule has 0 saturated carbocycles. The van der Waals surface area contributed by atoms with Gasteiger partial charge >= 0.3 is 0 Å². The van der Waals surface area contributed by atoms with Crippen molar-refractivity contribution in [1.82, 2.24) is 0 Å². The predicted octanol–water partition coefficient (Wildman–Crippen LogP) is 1.47. The summed E-state index contributed by atoms with van der Waals surface area (Å²) in [4.78, 5) is 0. The standard InChI is InChI=1S/C11H16FNO/c1-2-11(14)10(13)7-8-5-3-4-6-9(8)12/h3-6,10-11,14H,2,7,13H2,1H3. The van der Waals surface area contributed by atoms with Gasteiger partial charge < -0.3 is 10.8 Å². The zero-order valence-corrected chi connectivity index (χ0v) is 8.28. The fourth-order valence-corrected chi connectivity index (χ4v) is 1.36. The van der Waals surface area contributed by atoms with E-state index in [4.69, 9.17) is 5.73 Å². The molecule has 3 heteroatoms. The van der Waals surface area contributed by atoms with Crippen LogP contribution in [0.3, 0.4) is 0 Å². The van der Waals surface area contributed by atoms with Crippen molar-refractivity contribution < 1.29 is 9.50 Å². The fourth-order valence-electron chi connectivity index (χ4n) is 1.36. The van der Waals surface area contributed by atoms with Gasteiger partial charge in [-0.05, 0) is 24.5 Å². The number of hydrogen-bond acceptors (Lipinski definition) is 2. The van der Waals surface area contributed by atoms with Crippen LogP contribution in [0.25, 0.3) is 0 Å². The summed E-state index contributed by atoms with van der Waals surface area (Å²) >= 11 is 0. The van der Waals surface area contributed by atoms with Gasteiger partial charge in [-0.15, -0.1) is 0 Å². The Morgan fingerprint density at radius 1 is 1.43 bits per heavy atom. The Kier molecular flexibility index (Phi) is 4.04. The Balaban J connectivity index is 2.64. The van der Waals surface area contributed by atoms with E-state index in [1.165, 1.54) is 6.07 Å². The molecular formula is C11H16FNO. The van der Waals surface area contributed by atoms with E-state index >= 15 is 0 Å². The highest BCUT2D eigenvalue weighted by Gasteiger charge is 2.14. The van der Waals surface area contributed by atoms with Crippen LogP contribution in [-0.4, -0.2) is 17.3 Å². The zero-order valence-electron chi connectivity index (χ0n) is 8.28. The summed E-state index contributed by atoms with van der Waals surface area (Å²) in [6, 6.07) is 6.11. The van der Waals surface area contributed by atoms with E-state index in [-0.39, 0.29) is 5.82 Å². The molecule has 0 radical (unpaired) electrons. The Bertz CT molecular complexity index is 290. The quantitative estimate of drug-likeness (QED) is 0.767. The SMILES string of the molecule is CCC(O)C(N)Cc1ccccc1F. The van der Waals surface area contributed by atoms with Crippen LogP contribution in [0.4, 0.5) is 4.39 Å². The maximum absolute atomic E-state index is 13.2. The van der Waals surface area contributed by atoms with Crippen molar-refractivity contribution in [2.75, 3.05) is 0 Å². The van der Waals surface area contributed by atoms with Gasteiger partial charge in [-0.2, -0.15) is 0 Å². The van der Waals surface area contributed by atoms with Crippen molar-refractivity contribution >= 4 is 0 Å². The maximum atomic E-state index is 13.2. The average Bonchev–Trinajstić information content (AvgIpc) is 2.20. The third-order valence-corrected chi connectivity index (χ3v) is 2.33. The zero-order chi connectivity index (χ0) is 10.6. The van der Waals surface area contributed by atoms with Crippen molar-refractivity contribution in [3.8, 4) is 0 Å². The number of aliphatic hydroxyl groups excluding tert-OH is 1. The molecule has 0 aliphatic heterocycles. The van der Waals surface area contributed by atoms with E-state index in [0.717, 1.165) is 0 Å². The molecule has 1 aromatic carbocycles. The van der Waals surface area contributed by atoms with Gasteiger partial charge in [-0.3, -0.25) is 0 Å². The van der Waals surface area contributed by atoms with Gasteiger partial charge in [0.1, 0.15) is 5.82 Å². The summed E-state index contributed by atoms with van der Waals surface area (Å²) in [5, 5.41) is 9.43. The number of halogens is 1. The number of benzene rings is 1. The lowest BCUT2D eigenvalue weighted by Gasteiger charge is -2.17. The summed E-state index contributed by atoms with van der Waals surface area (Å²) in [7, 11) is 0.